The van der Waals surface area contributed by atoms with Gasteiger partial charge in [-0.05, 0) is 29.8 Å². The highest BCUT2D eigenvalue weighted by Crippen LogP contribution is 2.23. The molecule has 1 unspecified atom stereocenters. The van der Waals surface area contributed by atoms with Gasteiger partial charge in [-0.2, -0.15) is 27.9 Å². The Hall–Kier alpha value is -5.52. The number of esters is 1. The van der Waals surface area contributed by atoms with Crippen LogP contribution in [0.1, 0.15) is 34.6 Å². The molecule has 0 spiro atoms. The number of nitrogens with two attached hydrogens (primary N) is 1. The minimum Gasteiger partial charge on any atom is -0.508 e. The van der Waals surface area contributed by atoms with E-state index in [0.717, 1.165) is 18.5 Å². The zero-order valence-corrected chi connectivity index (χ0v) is 26.3. The fourth-order valence-electron chi connectivity index (χ4n) is 5.23. The number of urea groups is 1. The minimum atomic E-state index is -5.08. The normalized spacial score (nSPS) is 17.7. The molecule has 0 saturated carbocycles. The monoisotopic (exact) mass is 679 g/mol. The largest absolute Gasteiger partial charge is 0.508 e. The molecule has 0 aliphatic carbocycles. The number of carboxylic acids is 1. The summed E-state index contributed by atoms with van der Waals surface area (Å²) in [7, 11) is 4.78. The molecule has 48 heavy (non-hydrogen) atoms. The second kappa shape index (κ2) is 15.4. The number of anilines is 1. The Labute approximate surface area is 272 Å². The number of likely N-dealkylation sites (tertiary alicyclic amines) is 1. The number of rotatable bonds is 8. The van der Waals surface area contributed by atoms with Gasteiger partial charge in [0.05, 0.1) is 20.7 Å². The zero-order chi connectivity index (χ0) is 35.8. The molecule has 15 nitrogen and oxygen atoms in total. The number of aromatic hydroxyl groups is 2. The molecule has 3 aromatic rings. The van der Waals surface area contributed by atoms with E-state index in [1.54, 1.807) is 30.3 Å². The molecule has 2 heterocycles. The van der Waals surface area contributed by atoms with Crippen LogP contribution in [-0.4, -0.2) is 108 Å². The van der Waals surface area contributed by atoms with E-state index >= 15 is 0 Å². The van der Waals surface area contributed by atoms with E-state index in [-0.39, 0.29) is 29.7 Å². The van der Waals surface area contributed by atoms with Crippen LogP contribution in [-0.2, 0) is 34.3 Å². The summed E-state index contributed by atoms with van der Waals surface area (Å²) < 4.78 is 39.7. The maximum Gasteiger partial charge on any atom is 0.499 e. The second-order valence-electron chi connectivity index (χ2n) is 11.3. The molecule has 0 radical (unpaired) electrons. The third-order valence-electron chi connectivity index (χ3n) is 7.47. The van der Waals surface area contributed by atoms with Crippen molar-refractivity contribution in [2.75, 3.05) is 32.6 Å². The van der Waals surface area contributed by atoms with Gasteiger partial charge in [-0.3, -0.25) is 9.36 Å². The fraction of sp³-hybridized carbons (Fsp3) is 0.367. The van der Waals surface area contributed by atoms with Crippen LogP contribution < -0.4 is 11.1 Å². The number of hydrogen-bond acceptors (Lipinski definition) is 9. The van der Waals surface area contributed by atoms with Crippen LogP contribution >= 0.6 is 0 Å². The molecule has 3 amide bonds. The molecular formula is C30H36F3N7O8+2. The molecule has 4 rings (SSSR count). The number of aromatic nitrogens is 3. The molecule has 1 aliphatic rings. The number of carbonyl (C=O) groups excluding carboxylic acids is 3. The number of piperidine rings is 1. The number of benzene rings is 2. The number of carbonyl (C=O) groups is 4. The van der Waals surface area contributed by atoms with Crippen molar-refractivity contribution in [3.05, 3.63) is 65.5 Å². The van der Waals surface area contributed by atoms with Crippen molar-refractivity contribution in [1.29, 1.82) is 0 Å². The van der Waals surface area contributed by atoms with Crippen LogP contribution in [0.2, 0.25) is 0 Å². The molecule has 0 bridgehead atoms. The van der Waals surface area contributed by atoms with Gasteiger partial charge in [0, 0.05) is 31.9 Å². The van der Waals surface area contributed by atoms with E-state index in [2.05, 4.69) is 22.6 Å². The smallest absolute Gasteiger partial charge is 0.499 e. The third kappa shape index (κ3) is 9.74. The van der Waals surface area contributed by atoms with Crippen molar-refractivity contribution in [3.8, 4) is 11.5 Å². The van der Waals surface area contributed by atoms with Crippen molar-refractivity contribution in [3.63, 3.8) is 0 Å². The first-order chi connectivity index (χ1) is 22.4. The lowest BCUT2D eigenvalue weighted by Crippen LogP contribution is -2.56. The Balaban J connectivity index is 0.000000804. The lowest BCUT2D eigenvalue weighted by atomic mass is 10.0. The number of amides is 3. The predicted octanol–water partition coefficient (Wildman–Crippen LogP) is 2.17. The van der Waals surface area contributed by atoms with E-state index < -0.39 is 36.1 Å². The van der Waals surface area contributed by atoms with Crippen LogP contribution in [0.3, 0.4) is 0 Å². The number of methoxy groups -OCH3 is 1. The van der Waals surface area contributed by atoms with Crippen LogP contribution in [0.15, 0.2) is 48.5 Å². The molecule has 1 aromatic heterocycles. The number of alkyl halides is 3. The van der Waals surface area contributed by atoms with Gasteiger partial charge >= 0.3 is 30.1 Å². The molecular weight excluding hydrogens is 643 g/mol. The Morgan fingerprint density at radius 3 is 2.29 bits per heavy atom. The van der Waals surface area contributed by atoms with E-state index in [1.165, 1.54) is 35.4 Å². The highest BCUT2D eigenvalue weighted by molar-refractivity contribution is 5.94. The summed E-state index contributed by atoms with van der Waals surface area (Å²) in [4.78, 5) is 47.7. The zero-order valence-electron chi connectivity index (χ0n) is 26.3. The van der Waals surface area contributed by atoms with Crippen molar-refractivity contribution in [2.24, 2.45) is 12.8 Å². The van der Waals surface area contributed by atoms with Gasteiger partial charge in [0.2, 0.25) is 5.82 Å². The van der Waals surface area contributed by atoms with Crippen molar-refractivity contribution < 1.29 is 61.5 Å². The number of halogens is 3. The second-order valence-corrected chi connectivity index (χ2v) is 11.3. The quantitative estimate of drug-likeness (QED) is 0.133. The number of phenols is 2. The first-order valence-corrected chi connectivity index (χ1v) is 14.4. The summed E-state index contributed by atoms with van der Waals surface area (Å²) in [5, 5.41) is 37.2. The number of aliphatic carboxylic acids is 1. The van der Waals surface area contributed by atoms with Crippen molar-refractivity contribution in [1.82, 2.24) is 14.8 Å². The number of nitrogens with zero attached hydrogens (tertiary/aromatic N) is 5. The van der Waals surface area contributed by atoms with E-state index in [4.69, 9.17) is 20.4 Å². The van der Waals surface area contributed by atoms with E-state index in [0.29, 0.717) is 35.3 Å². The third-order valence-corrected chi connectivity index (χ3v) is 7.47. The van der Waals surface area contributed by atoms with E-state index in [1.807, 2.05) is 6.07 Å². The summed E-state index contributed by atoms with van der Waals surface area (Å²) >= 11 is 0. The molecule has 1 fully saturated rings. The number of hydrogen-bond donors (Lipinski definition) is 5. The summed E-state index contributed by atoms with van der Waals surface area (Å²) in [6.45, 7) is 1.85. The van der Waals surface area contributed by atoms with Gasteiger partial charge in [0.1, 0.15) is 30.3 Å². The van der Waals surface area contributed by atoms with Crippen LogP contribution in [0.25, 0.3) is 0 Å². The Kier molecular flexibility index (Phi) is 11.8. The van der Waals surface area contributed by atoms with Crippen molar-refractivity contribution in [2.45, 2.75) is 38.0 Å². The highest BCUT2D eigenvalue weighted by Gasteiger charge is 2.40. The molecule has 1 aliphatic heterocycles. The number of carboxylic acid groups (broad SMARTS) is 1. The number of ether oxygens (including phenoxy) is 1. The van der Waals surface area contributed by atoms with Gasteiger partial charge in [-0.25, -0.2) is 9.59 Å². The maximum atomic E-state index is 13.9. The van der Waals surface area contributed by atoms with Crippen LogP contribution in [0.4, 0.5) is 23.9 Å². The lowest BCUT2D eigenvalue weighted by molar-refractivity contribution is -0.918. The Bertz CT molecular complexity index is 1690. The lowest BCUT2D eigenvalue weighted by Gasteiger charge is -2.38. The van der Waals surface area contributed by atoms with Gasteiger partial charge in [0.25, 0.3) is 5.91 Å². The summed E-state index contributed by atoms with van der Waals surface area (Å²) in [6.07, 6.45) is -3.68. The first-order valence-electron chi connectivity index (χ1n) is 14.4. The molecule has 2 atom stereocenters. The van der Waals surface area contributed by atoms with Gasteiger partial charge in [-0.1, -0.05) is 29.4 Å². The van der Waals surface area contributed by atoms with Crippen molar-refractivity contribution >= 4 is 35.5 Å². The predicted molar refractivity (Wildman–Crippen MR) is 162 cm³/mol. The van der Waals surface area contributed by atoms with Gasteiger partial charge in [0.15, 0.2) is 6.04 Å². The average Bonchev–Trinajstić information content (AvgIpc) is 3.36. The van der Waals surface area contributed by atoms with Crippen LogP contribution in [0, 0.1) is 0 Å². The number of primary amides is 1. The maximum absolute atomic E-state index is 13.9. The summed E-state index contributed by atoms with van der Waals surface area (Å²) in [5.41, 5.74) is 8.24. The number of quaternary nitrogens is 1. The van der Waals surface area contributed by atoms with Crippen LogP contribution in [0.5, 0.6) is 11.5 Å². The molecule has 2 aromatic carbocycles. The topological polar surface area (TPSA) is 210 Å². The molecule has 1 saturated heterocycles. The highest BCUT2D eigenvalue weighted by atomic mass is 19.4. The Morgan fingerprint density at radius 1 is 1.08 bits per heavy atom. The first kappa shape index (κ1) is 36.9. The average molecular weight is 680 g/mol. The molecule has 258 valence electrons. The molecule has 6 N–H and O–H groups in total. The number of nitrogens with one attached hydrogen (secondary N) is 1. The number of phenolic OH excluding ortho intramolecular Hbond substituents is 2. The van der Waals surface area contributed by atoms with Gasteiger partial charge in [-0.15, -0.1) is 5.10 Å². The minimum absolute atomic E-state index is 0.0123. The van der Waals surface area contributed by atoms with E-state index in [9.17, 15) is 37.8 Å². The SMILES string of the molecule is COC(=O)c1nnc(NC(=O)/[N+](=C2/CCC[N+](C)(Cc3cccc(O)c3)C2)[C@@H](Cc2ccc(O)cc2)C(N)=O)n1C.O=C(O)C(F)(F)F. The van der Waals surface area contributed by atoms with Gasteiger partial charge < -0.3 is 30.3 Å². The molecule has 18 heteroatoms. The Morgan fingerprint density at radius 2 is 1.73 bits per heavy atom. The fourth-order valence-corrected chi connectivity index (χ4v) is 5.23. The summed E-state index contributed by atoms with van der Waals surface area (Å²) in [5.74, 6) is -4.05. The standard InChI is InChI=1S/C28H33N7O6.C2HF3O2/c1-33-25(26(39)41-3)31-32-27(33)30-28(40)34(23(24(29)38)15-18-9-11-21(36)12-10-18)20-7-5-13-35(2,17-20)16-19-6-4-8-22(37)14-19;3-2(4,5)1(6)7/h4,6,8-12,14,23H,5,7,13,15-17H2,1-3H3,(H3-2,29,30,32,36,37,38,39,40);(H,6,7)/p+2/b34-20-;/t23-,35?;/m0./s1. The summed E-state index contributed by atoms with van der Waals surface area (Å²) in [6, 6.07) is 11.7.